The van der Waals surface area contributed by atoms with Gasteiger partial charge < -0.3 is 5.11 Å². The molecule has 0 heterocycles. The van der Waals surface area contributed by atoms with Crippen LogP contribution in [0.1, 0.15) is 44.4 Å². The van der Waals surface area contributed by atoms with Gasteiger partial charge in [0.15, 0.2) is 0 Å². The summed E-state index contributed by atoms with van der Waals surface area (Å²) >= 11 is 0. The summed E-state index contributed by atoms with van der Waals surface area (Å²) in [6.45, 7) is 6.31. The van der Waals surface area contributed by atoms with Gasteiger partial charge in [-0.1, -0.05) is 45.0 Å². The van der Waals surface area contributed by atoms with Crippen LogP contribution < -0.4 is 0 Å². The molecule has 0 radical (unpaired) electrons. The molecule has 1 aromatic rings. The maximum atomic E-state index is 9.84. The van der Waals surface area contributed by atoms with Crippen LogP contribution in [-0.2, 0) is 5.41 Å². The molecule has 1 N–H and O–H groups in total. The van der Waals surface area contributed by atoms with Crippen LogP contribution >= 0.6 is 0 Å². The molecule has 2 nitrogen and oxygen atoms in total. The Kier molecular flexibility index (Phi) is 3.49. The van der Waals surface area contributed by atoms with Crippen molar-refractivity contribution in [3.05, 3.63) is 35.4 Å². The van der Waals surface area contributed by atoms with Gasteiger partial charge in [-0.25, -0.2) is 0 Å². The lowest BCUT2D eigenvalue weighted by molar-refractivity contribution is 0.181. The molecule has 0 aliphatic heterocycles. The Morgan fingerprint density at radius 1 is 1.33 bits per heavy atom. The first kappa shape index (κ1) is 11.7. The van der Waals surface area contributed by atoms with E-state index in [9.17, 15) is 5.11 Å². The first-order valence-corrected chi connectivity index (χ1v) is 5.11. The van der Waals surface area contributed by atoms with Gasteiger partial charge in [0.2, 0.25) is 0 Å². The van der Waals surface area contributed by atoms with Crippen LogP contribution in [0.2, 0.25) is 0 Å². The molecule has 1 unspecified atom stereocenters. The van der Waals surface area contributed by atoms with Crippen LogP contribution in [-0.4, -0.2) is 5.11 Å². The van der Waals surface area contributed by atoms with Gasteiger partial charge in [0, 0.05) is 0 Å². The second-order valence-electron chi connectivity index (χ2n) is 4.72. The summed E-state index contributed by atoms with van der Waals surface area (Å²) in [5.74, 6) is 0. The average Bonchev–Trinajstić information content (AvgIpc) is 2.17. The Labute approximate surface area is 91.2 Å². The predicted molar refractivity (Wildman–Crippen MR) is 60.3 cm³/mol. The van der Waals surface area contributed by atoms with E-state index in [-0.39, 0.29) is 11.8 Å². The minimum absolute atomic E-state index is 0.00692. The smallest absolute Gasteiger partial charge is 0.0922 e. The van der Waals surface area contributed by atoms with E-state index in [1.165, 1.54) is 0 Å². The highest BCUT2D eigenvalue weighted by molar-refractivity contribution is 5.34. The van der Waals surface area contributed by atoms with Gasteiger partial charge in [0.25, 0.3) is 0 Å². The largest absolute Gasteiger partial charge is 0.387 e. The molecule has 0 amide bonds. The van der Waals surface area contributed by atoms with Crippen molar-refractivity contribution in [2.75, 3.05) is 0 Å². The lowest BCUT2D eigenvalue weighted by Crippen LogP contribution is -2.15. The van der Waals surface area contributed by atoms with E-state index in [1.807, 2.05) is 30.3 Å². The van der Waals surface area contributed by atoms with Gasteiger partial charge in [0.1, 0.15) is 0 Å². The monoisotopic (exact) mass is 203 g/mol. The second kappa shape index (κ2) is 4.46. The van der Waals surface area contributed by atoms with Crippen molar-refractivity contribution in [2.45, 2.75) is 38.7 Å². The van der Waals surface area contributed by atoms with Gasteiger partial charge in [-0.05, 0) is 16.5 Å². The fourth-order valence-corrected chi connectivity index (χ4v) is 1.67. The fraction of sp³-hybridized carbons (Fsp3) is 0.462. The van der Waals surface area contributed by atoms with Gasteiger partial charge in [-0.2, -0.15) is 5.26 Å². The van der Waals surface area contributed by atoms with Gasteiger partial charge in [-0.15, -0.1) is 0 Å². The summed E-state index contributed by atoms with van der Waals surface area (Å²) in [6, 6.07) is 9.75. The number of rotatable bonds is 2. The predicted octanol–water partition coefficient (Wildman–Crippen LogP) is 2.93. The van der Waals surface area contributed by atoms with Gasteiger partial charge in [-0.3, -0.25) is 0 Å². The molecular weight excluding hydrogens is 186 g/mol. The number of hydrogen-bond acceptors (Lipinski definition) is 2. The van der Waals surface area contributed by atoms with E-state index in [1.54, 1.807) is 0 Å². The second-order valence-corrected chi connectivity index (χ2v) is 4.72. The third kappa shape index (κ3) is 2.81. The van der Waals surface area contributed by atoms with E-state index >= 15 is 0 Å². The first-order chi connectivity index (χ1) is 6.96. The maximum absolute atomic E-state index is 9.84. The lowest BCUT2D eigenvalue weighted by atomic mass is 9.82. The summed E-state index contributed by atoms with van der Waals surface area (Å²) < 4.78 is 0. The highest BCUT2D eigenvalue weighted by Crippen LogP contribution is 2.30. The molecule has 80 valence electrons. The third-order valence-corrected chi connectivity index (χ3v) is 2.41. The zero-order valence-corrected chi connectivity index (χ0v) is 9.49. The van der Waals surface area contributed by atoms with Crippen LogP contribution in [0.25, 0.3) is 0 Å². The molecule has 15 heavy (non-hydrogen) atoms. The number of nitriles is 1. The molecule has 0 bridgehead atoms. The van der Waals surface area contributed by atoms with E-state index in [2.05, 4.69) is 20.8 Å². The summed E-state index contributed by atoms with van der Waals surface area (Å²) in [5, 5.41) is 18.4. The lowest BCUT2D eigenvalue weighted by Gasteiger charge is -2.24. The van der Waals surface area contributed by atoms with Crippen molar-refractivity contribution in [3.63, 3.8) is 0 Å². The molecule has 0 fully saturated rings. The quantitative estimate of drug-likeness (QED) is 0.803. The van der Waals surface area contributed by atoms with E-state index < -0.39 is 6.10 Å². The molecular formula is C13H17NO. The molecule has 0 saturated heterocycles. The highest BCUT2D eigenvalue weighted by atomic mass is 16.3. The Hall–Kier alpha value is -1.33. The van der Waals surface area contributed by atoms with E-state index in [0.717, 1.165) is 11.1 Å². The molecule has 1 atom stereocenters. The molecule has 0 spiro atoms. The molecule has 0 aromatic heterocycles. The topological polar surface area (TPSA) is 44.0 Å². The number of benzene rings is 1. The zero-order valence-electron chi connectivity index (χ0n) is 9.49. The zero-order chi connectivity index (χ0) is 11.5. The summed E-state index contributed by atoms with van der Waals surface area (Å²) in [7, 11) is 0. The Morgan fingerprint density at radius 3 is 2.47 bits per heavy atom. The van der Waals surface area contributed by atoms with E-state index in [0.29, 0.717) is 0 Å². The Morgan fingerprint density at radius 2 is 1.93 bits per heavy atom. The highest BCUT2D eigenvalue weighted by Gasteiger charge is 2.20. The Bertz CT molecular complexity index is 371. The summed E-state index contributed by atoms with van der Waals surface area (Å²) in [5.41, 5.74) is 1.96. The minimum Gasteiger partial charge on any atom is -0.387 e. The third-order valence-electron chi connectivity index (χ3n) is 2.41. The standard InChI is InChI=1S/C13H17NO/c1-13(2,3)11-7-5-4-6-10(11)12(15)8-9-14/h4-7,12,15H,8H2,1-3H3. The minimum atomic E-state index is -0.676. The molecule has 1 aromatic carbocycles. The number of aliphatic hydroxyl groups excluding tert-OH is 1. The van der Waals surface area contributed by atoms with Crippen molar-refractivity contribution in [1.29, 1.82) is 5.26 Å². The molecule has 0 aliphatic rings. The van der Waals surface area contributed by atoms with Crippen molar-refractivity contribution in [3.8, 4) is 6.07 Å². The summed E-state index contributed by atoms with van der Waals surface area (Å²) in [4.78, 5) is 0. The van der Waals surface area contributed by atoms with Crippen molar-refractivity contribution in [1.82, 2.24) is 0 Å². The normalized spacial score (nSPS) is 13.3. The molecule has 0 saturated carbocycles. The average molecular weight is 203 g/mol. The molecule has 1 rings (SSSR count). The van der Waals surface area contributed by atoms with Gasteiger partial charge in [0.05, 0.1) is 18.6 Å². The SMILES string of the molecule is CC(C)(C)c1ccccc1C(O)CC#N. The fourth-order valence-electron chi connectivity index (χ4n) is 1.67. The van der Waals surface area contributed by atoms with Crippen LogP contribution in [0.5, 0.6) is 0 Å². The van der Waals surface area contributed by atoms with Crippen molar-refractivity contribution in [2.24, 2.45) is 0 Å². The first-order valence-electron chi connectivity index (χ1n) is 5.11. The van der Waals surface area contributed by atoms with Crippen LogP contribution in [0.3, 0.4) is 0 Å². The van der Waals surface area contributed by atoms with Crippen molar-refractivity contribution >= 4 is 0 Å². The number of nitrogens with zero attached hydrogens (tertiary/aromatic N) is 1. The van der Waals surface area contributed by atoms with E-state index in [4.69, 9.17) is 5.26 Å². The van der Waals surface area contributed by atoms with Gasteiger partial charge >= 0.3 is 0 Å². The van der Waals surface area contributed by atoms with Crippen LogP contribution in [0, 0.1) is 11.3 Å². The summed E-state index contributed by atoms with van der Waals surface area (Å²) in [6.07, 6.45) is -0.530. The van der Waals surface area contributed by atoms with Crippen LogP contribution in [0.15, 0.2) is 24.3 Å². The maximum Gasteiger partial charge on any atom is 0.0922 e. The number of hydrogen-bond donors (Lipinski definition) is 1. The van der Waals surface area contributed by atoms with Crippen LogP contribution in [0.4, 0.5) is 0 Å². The molecule has 2 heteroatoms. The Balaban J connectivity index is 3.13. The number of aliphatic hydroxyl groups is 1. The molecule has 0 aliphatic carbocycles. The van der Waals surface area contributed by atoms with Crippen molar-refractivity contribution < 1.29 is 5.11 Å².